The van der Waals surface area contributed by atoms with Crippen LogP contribution < -0.4 is 4.74 Å². The molecule has 0 spiro atoms. The lowest BCUT2D eigenvalue weighted by atomic mass is 9.85. The zero-order valence-electron chi connectivity index (χ0n) is 11.7. The second-order valence-corrected chi connectivity index (χ2v) is 7.00. The number of fused-ring (bicyclic) bond motifs is 1. The van der Waals surface area contributed by atoms with E-state index in [0.29, 0.717) is 21.3 Å². The number of ketones is 1. The Hall–Kier alpha value is -1.43. The van der Waals surface area contributed by atoms with Gasteiger partial charge in [-0.2, -0.15) is 0 Å². The van der Waals surface area contributed by atoms with Crippen LogP contribution in [0.5, 0.6) is 5.75 Å². The number of rotatable bonds is 2. The molecule has 0 atom stereocenters. The molecule has 21 heavy (non-hydrogen) atoms. The zero-order chi connectivity index (χ0) is 15.2. The second-order valence-electron chi connectivity index (χ2n) is 5.84. The fraction of sp³-hybridized carbons (Fsp3) is 0.235. The first-order valence-electron chi connectivity index (χ1n) is 6.65. The maximum absolute atomic E-state index is 13.2. The Morgan fingerprint density at radius 1 is 1.24 bits per heavy atom. The van der Waals surface area contributed by atoms with Gasteiger partial charge in [0.15, 0.2) is 5.78 Å². The van der Waals surface area contributed by atoms with Crippen LogP contribution in [-0.4, -0.2) is 12.4 Å². The number of hydrogen-bond donors (Lipinski definition) is 0. The van der Waals surface area contributed by atoms with Crippen molar-refractivity contribution in [3.05, 3.63) is 62.5 Å². The predicted molar refractivity (Wildman–Crippen MR) is 87.5 cm³/mol. The summed E-state index contributed by atoms with van der Waals surface area (Å²) in [5, 5.41) is 0. The Morgan fingerprint density at radius 3 is 2.71 bits per heavy atom. The highest BCUT2D eigenvalue weighted by atomic mass is 127. The molecule has 2 nitrogen and oxygen atoms in total. The lowest BCUT2D eigenvalue weighted by Gasteiger charge is -2.15. The van der Waals surface area contributed by atoms with E-state index in [2.05, 4.69) is 13.8 Å². The van der Waals surface area contributed by atoms with Gasteiger partial charge in [-0.15, -0.1) is 0 Å². The fourth-order valence-electron chi connectivity index (χ4n) is 2.49. The van der Waals surface area contributed by atoms with Gasteiger partial charge in [0.2, 0.25) is 0 Å². The van der Waals surface area contributed by atoms with Crippen LogP contribution in [0.25, 0.3) is 0 Å². The van der Waals surface area contributed by atoms with Gasteiger partial charge >= 0.3 is 0 Å². The largest absolute Gasteiger partial charge is 0.492 e. The van der Waals surface area contributed by atoms with Crippen molar-refractivity contribution in [3.63, 3.8) is 0 Å². The summed E-state index contributed by atoms with van der Waals surface area (Å²) in [7, 11) is 0. The molecule has 1 aliphatic heterocycles. The summed E-state index contributed by atoms with van der Waals surface area (Å²) in [5.41, 5.74) is 2.08. The van der Waals surface area contributed by atoms with Crippen molar-refractivity contribution in [2.24, 2.45) is 0 Å². The third-order valence-corrected chi connectivity index (χ3v) is 4.63. The van der Waals surface area contributed by atoms with Gasteiger partial charge in [0.1, 0.15) is 11.6 Å². The maximum atomic E-state index is 13.2. The molecule has 4 heteroatoms. The van der Waals surface area contributed by atoms with E-state index in [0.717, 1.165) is 11.3 Å². The highest BCUT2D eigenvalue weighted by Crippen LogP contribution is 2.39. The summed E-state index contributed by atoms with van der Waals surface area (Å²) in [4.78, 5) is 12.6. The third-order valence-electron chi connectivity index (χ3n) is 3.74. The van der Waals surface area contributed by atoms with Crippen molar-refractivity contribution in [2.75, 3.05) is 6.61 Å². The highest BCUT2D eigenvalue weighted by molar-refractivity contribution is 14.1. The average Bonchev–Trinajstić information content (AvgIpc) is 2.74. The SMILES string of the molecule is CC1(C)COc2ccc(C(=O)c3ccc(F)cc3I)cc21. The molecule has 2 aromatic rings. The fourth-order valence-corrected chi connectivity index (χ4v) is 3.21. The van der Waals surface area contributed by atoms with Gasteiger partial charge in [0, 0.05) is 25.7 Å². The number of halogens is 2. The highest BCUT2D eigenvalue weighted by Gasteiger charge is 2.32. The molecule has 0 saturated carbocycles. The Balaban J connectivity index is 2.03. The minimum Gasteiger partial charge on any atom is -0.492 e. The second kappa shape index (κ2) is 5.09. The molecule has 0 unspecified atom stereocenters. The molecule has 3 rings (SSSR count). The van der Waals surface area contributed by atoms with Crippen molar-refractivity contribution in [1.82, 2.24) is 0 Å². The lowest BCUT2D eigenvalue weighted by molar-refractivity contribution is 0.103. The van der Waals surface area contributed by atoms with Crippen LogP contribution in [0, 0.1) is 9.39 Å². The summed E-state index contributed by atoms with van der Waals surface area (Å²) in [6.45, 7) is 4.80. The van der Waals surface area contributed by atoms with Crippen LogP contribution in [0.1, 0.15) is 35.3 Å². The third kappa shape index (κ3) is 2.57. The molecule has 0 N–H and O–H groups in total. The first kappa shape index (κ1) is 14.5. The molecule has 0 radical (unpaired) electrons. The van der Waals surface area contributed by atoms with Crippen molar-refractivity contribution < 1.29 is 13.9 Å². The number of hydrogen-bond acceptors (Lipinski definition) is 2. The van der Waals surface area contributed by atoms with Gasteiger partial charge in [-0.3, -0.25) is 4.79 Å². The monoisotopic (exact) mass is 396 g/mol. The minimum absolute atomic E-state index is 0.0927. The Bertz CT molecular complexity index is 738. The minimum atomic E-state index is -0.334. The predicted octanol–water partition coefficient (Wildman–Crippen LogP) is 4.33. The van der Waals surface area contributed by atoms with Crippen LogP contribution >= 0.6 is 22.6 Å². The van der Waals surface area contributed by atoms with Crippen LogP contribution in [0.4, 0.5) is 4.39 Å². The topological polar surface area (TPSA) is 26.3 Å². The van der Waals surface area contributed by atoms with E-state index in [1.54, 1.807) is 6.07 Å². The van der Waals surface area contributed by atoms with Crippen LogP contribution in [0.3, 0.4) is 0 Å². The summed E-state index contributed by atoms with van der Waals surface area (Å²) >= 11 is 1.99. The van der Waals surface area contributed by atoms with E-state index in [-0.39, 0.29) is 17.0 Å². The number of ether oxygens (including phenoxy) is 1. The molecular weight excluding hydrogens is 382 g/mol. The lowest BCUT2D eigenvalue weighted by Crippen LogP contribution is -2.18. The van der Waals surface area contributed by atoms with Crippen molar-refractivity contribution in [2.45, 2.75) is 19.3 Å². The molecule has 1 aliphatic rings. The van der Waals surface area contributed by atoms with Gasteiger partial charge in [0.05, 0.1) is 6.61 Å². The average molecular weight is 396 g/mol. The summed E-state index contributed by atoms with van der Waals surface area (Å²) in [6.07, 6.45) is 0. The van der Waals surface area contributed by atoms with E-state index < -0.39 is 0 Å². The zero-order valence-corrected chi connectivity index (χ0v) is 13.9. The van der Waals surface area contributed by atoms with E-state index in [1.165, 1.54) is 18.2 Å². The smallest absolute Gasteiger partial charge is 0.194 e. The van der Waals surface area contributed by atoms with E-state index in [1.807, 2.05) is 34.7 Å². The van der Waals surface area contributed by atoms with Gasteiger partial charge in [-0.25, -0.2) is 4.39 Å². The molecule has 0 aromatic heterocycles. The standard InChI is InChI=1S/C17H14FIO2/c1-17(2)9-21-15-6-3-10(7-13(15)17)16(20)12-5-4-11(18)8-14(12)19/h3-8H,9H2,1-2H3. The number of carbonyl (C=O) groups is 1. The molecule has 0 aliphatic carbocycles. The maximum Gasteiger partial charge on any atom is 0.194 e. The summed E-state index contributed by atoms with van der Waals surface area (Å²) < 4.78 is 19.4. The molecule has 108 valence electrons. The first-order valence-corrected chi connectivity index (χ1v) is 7.73. The first-order chi connectivity index (χ1) is 9.88. The molecule has 2 aromatic carbocycles. The molecular formula is C17H14FIO2. The van der Waals surface area contributed by atoms with E-state index >= 15 is 0 Å². The van der Waals surface area contributed by atoms with Crippen LogP contribution in [-0.2, 0) is 5.41 Å². The van der Waals surface area contributed by atoms with Crippen molar-refractivity contribution in [1.29, 1.82) is 0 Å². The molecule has 1 heterocycles. The number of carbonyl (C=O) groups excluding carboxylic acids is 1. The Kier molecular flexibility index (Phi) is 3.51. The quantitative estimate of drug-likeness (QED) is 0.558. The summed E-state index contributed by atoms with van der Waals surface area (Å²) in [6, 6.07) is 9.72. The van der Waals surface area contributed by atoms with Gasteiger partial charge in [-0.05, 0) is 59.0 Å². The van der Waals surface area contributed by atoms with E-state index in [4.69, 9.17) is 4.74 Å². The van der Waals surface area contributed by atoms with Crippen LogP contribution in [0.15, 0.2) is 36.4 Å². The van der Waals surface area contributed by atoms with E-state index in [9.17, 15) is 9.18 Å². The van der Waals surface area contributed by atoms with Crippen LogP contribution in [0.2, 0.25) is 0 Å². The van der Waals surface area contributed by atoms with Gasteiger partial charge < -0.3 is 4.74 Å². The normalized spacial score (nSPS) is 15.4. The van der Waals surface area contributed by atoms with Crippen molar-refractivity contribution in [3.8, 4) is 5.75 Å². The molecule has 0 amide bonds. The Morgan fingerprint density at radius 2 is 2.00 bits per heavy atom. The Labute approximate surface area is 136 Å². The molecule has 0 bridgehead atoms. The molecule has 0 saturated heterocycles. The van der Waals surface area contributed by atoms with Crippen molar-refractivity contribution >= 4 is 28.4 Å². The number of benzene rings is 2. The molecule has 0 fully saturated rings. The summed E-state index contributed by atoms with van der Waals surface area (Å²) in [5.74, 6) is 0.412. The van der Waals surface area contributed by atoms with Gasteiger partial charge in [-0.1, -0.05) is 13.8 Å². The van der Waals surface area contributed by atoms with Gasteiger partial charge in [0.25, 0.3) is 0 Å².